The molecule has 0 spiro atoms. The number of benzene rings is 1. The molecular formula is C31H66N2O. The zero-order valence-corrected chi connectivity index (χ0v) is 24.7. The monoisotopic (exact) mass is 483 g/mol. The van der Waals surface area contributed by atoms with Gasteiger partial charge in [-0.05, 0) is 30.7 Å². The third-order valence-corrected chi connectivity index (χ3v) is 5.15. The highest BCUT2D eigenvalue weighted by atomic mass is 16.5. The topological polar surface area (TPSA) is 70.2 Å². The SMILES string of the molecule is CC.CC.CCC.CCCCCCCCCCCCCCCCCCOc1ccc(N)cc1.N. The Labute approximate surface area is 216 Å². The molecule has 0 unspecified atom stereocenters. The Bertz CT molecular complexity index is 420. The van der Waals surface area contributed by atoms with Crippen LogP contribution in [0.2, 0.25) is 0 Å². The minimum atomic E-state index is 0. The molecule has 3 nitrogen and oxygen atoms in total. The Balaban J connectivity index is -0.000000507. The molecule has 0 amide bonds. The highest BCUT2D eigenvalue weighted by Crippen LogP contribution is 2.15. The summed E-state index contributed by atoms with van der Waals surface area (Å²) in [4.78, 5) is 0. The number of nitrogens with two attached hydrogens (primary N) is 1. The summed E-state index contributed by atoms with van der Waals surface area (Å²) in [5.41, 5.74) is 6.46. The molecular weight excluding hydrogens is 416 g/mol. The maximum absolute atomic E-state index is 5.72. The Hall–Kier alpha value is -1.22. The molecule has 0 saturated heterocycles. The van der Waals surface area contributed by atoms with Crippen molar-refractivity contribution in [3.63, 3.8) is 0 Å². The van der Waals surface area contributed by atoms with Crippen molar-refractivity contribution >= 4 is 5.69 Å². The number of hydrogen-bond donors (Lipinski definition) is 2. The van der Waals surface area contributed by atoms with Gasteiger partial charge in [0.2, 0.25) is 0 Å². The lowest BCUT2D eigenvalue weighted by molar-refractivity contribution is 0.304. The van der Waals surface area contributed by atoms with Gasteiger partial charge in [0.15, 0.2) is 0 Å². The van der Waals surface area contributed by atoms with Gasteiger partial charge in [-0.15, -0.1) is 0 Å². The normalized spacial score (nSPS) is 9.26. The summed E-state index contributed by atoms with van der Waals surface area (Å²) in [6.07, 6.45) is 23.7. The molecule has 0 aromatic heterocycles. The molecule has 0 saturated carbocycles. The molecule has 206 valence electrons. The summed E-state index contributed by atoms with van der Waals surface area (Å²) in [6, 6.07) is 7.68. The Morgan fingerprint density at radius 1 is 0.529 bits per heavy atom. The highest BCUT2D eigenvalue weighted by Gasteiger charge is 1.96. The van der Waals surface area contributed by atoms with Crippen LogP contribution in [0.4, 0.5) is 5.69 Å². The van der Waals surface area contributed by atoms with E-state index in [1.807, 2.05) is 52.0 Å². The highest BCUT2D eigenvalue weighted by molar-refractivity contribution is 5.41. The quantitative estimate of drug-likeness (QED) is 0.161. The van der Waals surface area contributed by atoms with Gasteiger partial charge < -0.3 is 16.6 Å². The molecule has 0 heterocycles. The summed E-state index contributed by atoms with van der Waals surface area (Å²) in [7, 11) is 0. The molecule has 0 radical (unpaired) electrons. The maximum atomic E-state index is 5.72. The van der Waals surface area contributed by atoms with Crippen molar-refractivity contribution < 1.29 is 4.74 Å². The van der Waals surface area contributed by atoms with Crippen molar-refractivity contribution in [3.8, 4) is 5.75 Å². The van der Waals surface area contributed by atoms with Crippen molar-refractivity contribution in [1.82, 2.24) is 6.15 Å². The third-order valence-electron chi connectivity index (χ3n) is 5.15. The second-order valence-corrected chi connectivity index (χ2v) is 8.43. The average Bonchev–Trinajstić information content (AvgIpc) is 2.85. The zero-order chi connectivity index (χ0) is 25.4. The molecule has 5 N–H and O–H groups in total. The van der Waals surface area contributed by atoms with Gasteiger partial charge in [-0.3, -0.25) is 0 Å². The van der Waals surface area contributed by atoms with Gasteiger partial charge in [0, 0.05) is 5.69 Å². The second kappa shape index (κ2) is 39.0. The van der Waals surface area contributed by atoms with Gasteiger partial charge in [0.25, 0.3) is 0 Å². The number of rotatable bonds is 18. The van der Waals surface area contributed by atoms with E-state index in [4.69, 9.17) is 10.5 Å². The third kappa shape index (κ3) is 35.4. The molecule has 0 aliphatic rings. The van der Waals surface area contributed by atoms with Crippen LogP contribution in [0.3, 0.4) is 0 Å². The van der Waals surface area contributed by atoms with Crippen LogP contribution in [-0.4, -0.2) is 6.61 Å². The van der Waals surface area contributed by atoms with Crippen LogP contribution in [0.1, 0.15) is 158 Å². The predicted octanol–water partition coefficient (Wildman–Crippen LogP) is 11.5. The van der Waals surface area contributed by atoms with Crippen molar-refractivity contribution in [1.29, 1.82) is 0 Å². The first kappa shape index (κ1) is 40.0. The van der Waals surface area contributed by atoms with E-state index >= 15 is 0 Å². The fourth-order valence-electron chi connectivity index (χ4n) is 3.40. The molecule has 0 fully saturated rings. The Kier molecular flexibility index (Phi) is 45.9. The molecule has 0 bridgehead atoms. The van der Waals surface area contributed by atoms with Crippen molar-refractivity contribution in [2.24, 2.45) is 0 Å². The lowest BCUT2D eigenvalue weighted by atomic mass is 10.0. The fraction of sp³-hybridized carbons (Fsp3) is 0.806. The number of unbranched alkanes of at least 4 members (excludes halogenated alkanes) is 15. The summed E-state index contributed by atoms with van der Waals surface area (Å²) >= 11 is 0. The number of hydrogen-bond acceptors (Lipinski definition) is 3. The van der Waals surface area contributed by atoms with E-state index in [2.05, 4.69) is 20.8 Å². The van der Waals surface area contributed by atoms with Gasteiger partial charge in [0.05, 0.1) is 6.61 Å². The van der Waals surface area contributed by atoms with Crippen LogP contribution in [0.15, 0.2) is 24.3 Å². The zero-order valence-electron chi connectivity index (χ0n) is 24.7. The average molecular weight is 483 g/mol. The first-order chi connectivity index (χ1) is 16.2. The van der Waals surface area contributed by atoms with Gasteiger partial charge in [0.1, 0.15) is 5.75 Å². The van der Waals surface area contributed by atoms with E-state index in [-0.39, 0.29) is 6.15 Å². The number of ether oxygens (including phenoxy) is 1. The Morgan fingerprint density at radius 2 is 0.824 bits per heavy atom. The largest absolute Gasteiger partial charge is 0.494 e. The summed E-state index contributed by atoms with van der Waals surface area (Å²) in [6.45, 7) is 15.4. The molecule has 3 heteroatoms. The molecule has 0 aliphatic heterocycles. The standard InChI is InChI=1S/C24H43NO.C3H8.2C2H6.H3N/c1-2-3-4-5-6-7-8-9-10-11-12-13-14-15-16-17-22-26-24-20-18-23(25)19-21-24;1-3-2;2*1-2;/h18-21H,2-17,22,25H2,1H3;3H2,1-2H3;2*1-2H3;1H3. The van der Waals surface area contributed by atoms with E-state index in [1.165, 1.54) is 103 Å². The van der Waals surface area contributed by atoms with Crippen LogP contribution in [0, 0.1) is 0 Å². The lowest BCUT2D eigenvalue weighted by Gasteiger charge is -2.06. The van der Waals surface area contributed by atoms with Crippen molar-refractivity contribution in [2.75, 3.05) is 12.3 Å². The molecule has 0 atom stereocenters. The molecule has 34 heavy (non-hydrogen) atoms. The lowest BCUT2D eigenvalue weighted by Crippen LogP contribution is -1.97. The van der Waals surface area contributed by atoms with Crippen LogP contribution in [0.5, 0.6) is 5.75 Å². The second-order valence-electron chi connectivity index (χ2n) is 8.43. The van der Waals surface area contributed by atoms with Gasteiger partial charge in [-0.2, -0.15) is 0 Å². The maximum Gasteiger partial charge on any atom is 0.119 e. The van der Waals surface area contributed by atoms with Gasteiger partial charge in [-0.25, -0.2) is 0 Å². The van der Waals surface area contributed by atoms with E-state index in [0.717, 1.165) is 24.5 Å². The fourth-order valence-corrected chi connectivity index (χ4v) is 3.40. The van der Waals surface area contributed by atoms with E-state index in [9.17, 15) is 0 Å². The number of nitrogen functional groups attached to an aromatic ring is 1. The molecule has 1 aromatic rings. The first-order valence-electron chi connectivity index (χ1n) is 14.7. The van der Waals surface area contributed by atoms with Crippen molar-refractivity contribution in [3.05, 3.63) is 24.3 Å². The molecule has 1 aromatic carbocycles. The van der Waals surface area contributed by atoms with Crippen LogP contribution < -0.4 is 16.6 Å². The van der Waals surface area contributed by atoms with Crippen LogP contribution in [-0.2, 0) is 0 Å². The molecule has 1 rings (SSSR count). The summed E-state index contributed by atoms with van der Waals surface area (Å²) < 4.78 is 5.72. The Morgan fingerprint density at radius 3 is 1.15 bits per heavy atom. The van der Waals surface area contributed by atoms with Crippen molar-refractivity contribution in [2.45, 2.75) is 158 Å². The number of anilines is 1. The smallest absolute Gasteiger partial charge is 0.119 e. The minimum Gasteiger partial charge on any atom is -0.494 e. The summed E-state index contributed by atoms with van der Waals surface area (Å²) in [5.74, 6) is 0.931. The molecule has 0 aliphatic carbocycles. The van der Waals surface area contributed by atoms with Gasteiger partial charge in [-0.1, -0.05) is 151 Å². The van der Waals surface area contributed by atoms with E-state index in [1.54, 1.807) is 0 Å². The first-order valence-corrected chi connectivity index (χ1v) is 14.7. The van der Waals surface area contributed by atoms with Crippen LogP contribution >= 0.6 is 0 Å². The van der Waals surface area contributed by atoms with Crippen LogP contribution in [0.25, 0.3) is 0 Å². The van der Waals surface area contributed by atoms with E-state index in [0.29, 0.717) is 0 Å². The van der Waals surface area contributed by atoms with E-state index < -0.39 is 0 Å². The predicted molar refractivity (Wildman–Crippen MR) is 160 cm³/mol. The minimum absolute atomic E-state index is 0. The summed E-state index contributed by atoms with van der Waals surface area (Å²) in [5, 5.41) is 0. The van der Waals surface area contributed by atoms with Gasteiger partial charge >= 0.3 is 0 Å².